The Morgan fingerprint density at radius 3 is 2.71 bits per heavy atom. The Hall–Kier alpha value is -3.02. The van der Waals surface area contributed by atoms with Crippen LogP contribution in [0.25, 0.3) is 5.82 Å². The molecule has 1 aromatic carbocycles. The van der Waals surface area contributed by atoms with E-state index in [1.807, 2.05) is 19.1 Å². The lowest BCUT2D eigenvalue weighted by Crippen LogP contribution is -2.13. The van der Waals surface area contributed by atoms with Crippen LogP contribution in [0.1, 0.15) is 15.9 Å². The zero-order valence-corrected chi connectivity index (χ0v) is 11.4. The van der Waals surface area contributed by atoms with E-state index in [-0.39, 0.29) is 5.91 Å². The molecule has 0 bridgehead atoms. The van der Waals surface area contributed by atoms with E-state index in [4.69, 9.17) is 0 Å². The van der Waals surface area contributed by atoms with Crippen molar-refractivity contribution < 1.29 is 4.79 Å². The van der Waals surface area contributed by atoms with Crippen LogP contribution in [0.15, 0.2) is 55.1 Å². The molecular weight excluding hydrogens is 266 g/mol. The van der Waals surface area contributed by atoms with E-state index in [9.17, 15) is 4.79 Å². The van der Waals surface area contributed by atoms with Gasteiger partial charge in [-0.2, -0.15) is 5.10 Å². The summed E-state index contributed by atoms with van der Waals surface area (Å²) in [7, 11) is 0. The van der Waals surface area contributed by atoms with Crippen molar-refractivity contribution in [2.45, 2.75) is 6.92 Å². The molecule has 0 fully saturated rings. The third kappa shape index (κ3) is 2.94. The van der Waals surface area contributed by atoms with Crippen LogP contribution < -0.4 is 5.32 Å². The summed E-state index contributed by atoms with van der Waals surface area (Å²) in [5.41, 5.74) is 1.69. The molecule has 0 saturated carbocycles. The summed E-state index contributed by atoms with van der Waals surface area (Å²) >= 11 is 0. The van der Waals surface area contributed by atoms with Gasteiger partial charge in [-0.3, -0.25) is 4.79 Å². The predicted molar refractivity (Wildman–Crippen MR) is 78.3 cm³/mol. The van der Waals surface area contributed by atoms with Crippen LogP contribution in [0.3, 0.4) is 0 Å². The summed E-state index contributed by atoms with van der Waals surface area (Å²) in [5.74, 6) is 0.815. The molecule has 0 aliphatic carbocycles. The minimum Gasteiger partial charge on any atom is -0.306 e. The molecule has 3 aromatic rings. The average Bonchev–Trinajstić information content (AvgIpc) is 3.02. The van der Waals surface area contributed by atoms with E-state index in [0.29, 0.717) is 17.2 Å². The lowest BCUT2D eigenvalue weighted by Gasteiger charge is -2.06. The molecule has 0 atom stereocenters. The van der Waals surface area contributed by atoms with Crippen molar-refractivity contribution in [1.29, 1.82) is 0 Å². The zero-order chi connectivity index (χ0) is 14.7. The minimum absolute atomic E-state index is 0.208. The van der Waals surface area contributed by atoms with E-state index >= 15 is 0 Å². The smallest absolute Gasteiger partial charge is 0.256 e. The molecule has 3 rings (SSSR count). The monoisotopic (exact) mass is 279 g/mol. The van der Waals surface area contributed by atoms with Crippen molar-refractivity contribution in [1.82, 2.24) is 19.7 Å². The SMILES string of the molecule is Cc1ccc(C(=O)Nc2cc(-n3cccn3)ncn2)cc1. The maximum absolute atomic E-state index is 12.1. The molecule has 0 unspecified atom stereocenters. The van der Waals surface area contributed by atoms with Crippen molar-refractivity contribution in [3.63, 3.8) is 0 Å². The van der Waals surface area contributed by atoms with Gasteiger partial charge in [-0.15, -0.1) is 0 Å². The van der Waals surface area contributed by atoms with Crippen LogP contribution in [0.4, 0.5) is 5.82 Å². The Morgan fingerprint density at radius 2 is 2.00 bits per heavy atom. The van der Waals surface area contributed by atoms with Gasteiger partial charge < -0.3 is 5.32 Å². The van der Waals surface area contributed by atoms with Crippen molar-refractivity contribution in [3.05, 3.63) is 66.2 Å². The number of nitrogens with one attached hydrogen (secondary N) is 1. The van der Waals surface area contributed by atoms with Gasteiger partial charge in [-0.1, -0.05) is 17.7 Å². The lowest BCUT2D eigenvalue weighted by molar-refractivity contribution is 0.102. The highest BCUT2D eigenvalue weighted by atomic mass is 16.1. The summed E-state index contributed by atoms with van der Waals surface area (Å²) in [6.07, 6.45) is 4.82. The minimum atomic E-state index is -0.208. The number of hydrogen-bond acceptors (Lipinski definition) is 4. The van der Waals surface area contributed by atoms with E-state index in [1.54, 1.807) is 41.3 Å². The molecule has 104 valence electrons. The van der Waals surface area contributed by atoms with Gasteiger partial charge in [0.15, 0.2) is 5.82 Å². The quantitative estimate of drug-likeness (QED) is 0.798. The summed E-state index contributed by atoms with van der Waals surface area (Å²) < 4.78 is 1.60. The second-order valence-corrected chi connectivity index (χ2v) is 4.53. The van der Waals surface area contributed by atoms with Gasteiger partial charge >= 0.3 is 0 Å². The highest BCUT2D eigenvalue weighted by molar-refractivity contribution is 6.03. The molecule has 1 amide bonds. The fourth-order valence-electron chi connectivity index (χ4n) is 1.84. The van der Waals surface area contributed by atoms with Crippen LogP contribution in [0, 0.1) is 6.92 Å². The number of benzene rings is 1. The molecule has 0 radical (unpaired) electrons. The number of rotatable bonds is 3. The third-order valence-corrected chi connectivity index (χ3v) is 2.95. The Bertz CT molecular complexity index is 750. The maximum Gasteiger partial charge on any atom is 0.256 e. The summed E-state index contributed by atoms with van der Waals surface area (Å²) in [5, 5.41) is 6.84. The molecule has 2 heterocycles. The highest BCUT2D eigenvalue weighted by Crippen LogP contribution is 2.10. The fraction of sp³-hybridized carbons (Fsp3) is 0.0667. The Kier molecular flexibility index (Phi) is 3.42. The normalized spacial score (nSPS) is 10.3. The average molecular weight is 279 g/mol. The van der Waals surface area contributed by atoms with Crippen LogP contribution in [-0.2, 0) is 0 Å². The van der Waals surface area contributed by atoms with Gasteiger partial charge in [-0.25, -0.2) is 14.6 Å². The summed E-state index contributed by atoms with van der Waals surface area (Å²) in [6.45, 7) is 1.97. The maximum atomic E-state index is 12.1. The largest absolute Gasteiger partial charge is 0.306 e. The van der Waals surface area contributed by atoms with E-state index < -0.39 is 0 Å². The second-order valence-electron chi connectivity index (χ2n) is 4.53. The van der Waals surface area contributed by atoms with E-state index in [2.05, 4.69) is 20.4 Å². The first-order chi connectivity index (χ1) is 10.2. The number of carbonyl (C=O) groups is 1. The van der Waals surface area contributed by atoms with Crippen LogP contribution >= 0.6 is 0 Å². The summed E-state index contributed by atoms with van der Waals surface area (Å²) in [4.78, 5) is 20.3. The number of anilines is 1. The topological polar surface area (TPSA) is 72.7 Å². The molecule has 21 heavy (non-hydrogen) atoms. The lowest BCUT2D eigenvalue weighted by atomic mass is 10.1. The van der Waals surface area contributed by atoms with Gasteiger partial charge in [0.05, 0.1) is 0 Å². The zero-order valence-electron chi connectivity index (χ0n) is 11.4. The predicted octanol–water partition coefficient (Wildman–Crippen LogP) is 2.22. The summed E-state index contributed by atoms with van der Waals surface area (Å²) in [6, 6.07) is 10.8. The van der Waals surface area contributed by atoms with Gasteiger partial charge in [0.1, 0.15) is 12.1 Å². The van der Waals surface area contributed by atoms with Crippen LogP contribution in [0.2, 0.25) is 0 Å². The number of aryl methyl sites for hydroxylation is 1. The first kappa shape index (κ1) is 13.0. The Labute approximate surface area is 121 Å². The van der Waals surface area contributed by atoms with Crippen molar-refractivity contribution in [2.24, 2.45) is 0 Å². The molecule has 6 nitrogen and oxygen atoms in total. The number of amides is 1. The molecule has 0 spiro atoms. The van der Waals surface area contributed by atoms with Crippen LogP contribution in [-0.4, -0.2) is 25.7 Å². The van der Waals surface area contributed by atoms with Gasteiger partial charge in [0.25, 0.3) is 5.91 Å². The number of aromatic nitrogens is 4. The third-order valence-electron chi connectivity index (χ3n) is 2.95. The molecule has 0 aliphatic heterocycles. The Morgan fingerprint density at radius 1 is 1.19 bits per heavy atom. The number of nitrogens with zero attached hydrogens (tertiary/aromatic N) is 4. The molecule has 0 aliphatic rings. The first-order valence-electron chi connectivity index (χ1n) is 6.42. The first-order valence-corrected chi connectivity index (χ1v) is 6.42. The molecule has 6 heteroatoms. The number of hydrogen-bond donors (Lipinski definition) is 1. The van der Waals surface area contributed by atoms with Crippen LogP contribution in [0.5, 0.6) is 0 Å². The molecule has 2 aromatic heterocycles. The highest BCUT2D eigenvalue weighted by Gasteiger charge is 2.08. The van der Waals surface area contributed by atoms with Gasteiger partial charge in [-0.05, 0) is 25.1 Å². The van der Waals surface area contributed by atoms with E-state index in [1.165, 1.54) is 6.33 Å². The fourth-order valence-corrected chi connectivity index (χ4v) is 1.84. The van der Waals surface area contributed by atoms with E-state index in [0.717, 1.165) is 5.56 Å². The second kappa shape index (κ2) is 5.54. The van der Waals surface area contributed by atoms with Crippen molar-refractivity contribution in [3.8, 4) is 5.82 Å². The van der Waals surface area contributed by atoms with Gasteiger partial charge in [0, 0.05) is 24.0 Å². The Balaban J connectivity index is 1.80. The molecule has 1 N–H and O–H groups in total. The van der Waals surface area contributed by atoms with Crippen molar-refractivity contribution >= 4 is 11.7 Å². The standard InChI is InChI=1S/C15H13N5O/c1-11-3-5-12(6-4-11)15(21)19-13-9-14(17-10-16-13)20-8-2-7-18-20/h2-10H,1H3,(H,16,17,19,21). The molecular formula is C15H13N5O. The molecule has 0 saturated heterocycles. The number of carbonyl (C=O) groups excluding carboxylic acids is 1. The van der Waals surface area contributed by atoms with Gasteiger partial charge in [0.2, 0.25) is 0 Å². The van der Waals surface area contributed by atoms with Crippen molar-refractivity contribution in [2.75, 3.05) is 5.32 Å².